The van der Waals surface area contributed by atoms with Gasteiger partial charge in [0.1, 0.15) is 5.75 Å². The van der Waals surface area contributed by atoms with Crippen molar-refractivity contribution >= 4 is 5.96 Å². The van der Waals surface area contributed by atoms with Crippen molar-refractivity contribution in [1.29, 1.82) is 0 Å². The van der Waals surface area contributed by atoms with E-state index in [1.807, 2.05) is 30.3 Å². The summed E-state index contributed by atoms with van der Waals surface area (Å²) in [6, 6.07) is 13.3. The Morgan fingerprint density at radius 3 is 2.22 bits per heavy atom. The Hall–Kier alpha value is -2.89. The van der Waals surface area contributed by atoms with Gasteiger partial charge in [-0.1, -0.05) is 18.2 Å². The van der Waals surface area contributed by atoms with E-state index in [0.717, 1.165) is 49.8 Å². The first-order chi connectivity index (χ1) is 13.2. The van der Waals surface area contributed by atoms with Crippen LogP contribution in [0, 0.1) is 0 Å². The Balaban J connectivity index is 1.70. The zero-order valence-corrected chi connectivity index (χ0v) is 16.3. The van der Waals surface area contributed by atoms with Crippen LogP contribution >= 0.6 is 0 Å². The van der Waals surface area contributed by atoms with E-state index < -0.39 is 0 Å². The minimum atomic E-state index is 0.302. The quantitative estimate of drug-likeness (QED) is 0.359. The largest absolute Gasteiger partial charge is 0.508 e. The number of methoxy groups -OCH3 is 2. The maximum atomic E-state index is 9.30. The van der Waals surface area contributed by atoms with Crippen molar-refractivity contribution in [1.82, 2.24) is 10.6 Å². The van der Waals surface area contributed by atoms with Crippen molar-refractivity contribution in [3.05, 3.63) is 53.6 Å². The Morgan fingerprint density at radius 1 is 0.889 bits per heavy atom. The van der Waals surface area contributed by atoms with Crippen molar-refractivity contribution < 1.29 is 14.6 Å². The summed E-state index contributed by atoms with van der Waals surface area (Å²) >= 11 is 0. The molecule has 2 aromatic carbocycles. The van der Waals surface area contributed by atoms with Crippen LogP contribution in [0.4, 0.5) is 0 Å². The Kier molecular flexibility index (Phi) is 8.29. The van der Waals surface area contributed by atoms with Crippen molar-refractivity contribution in [2.24, 2.45) is 4.99 Å². The molecule has 0 bridgehead atoms. The monoisotopic (exact) mass is 371 g/mol. The number of nitrogens with one attached hydrogen (secondary N) is 2. The fraction of sp³-hybridized carbons (Fsp3) is 0.381. The molecule has 2 rings (SSSR count). The number of phenols is 1. The van der Waals surface area contributed by atoms with Gasteiger partial charge in [0.2, 0.25) is 0 Å². The minimum Gasteiger partial charge on any atom is -0.508 e. The van der Waals surface area contributed by atoms with E-state index in [2.05, 4.69) is 15.6 Å². The molecule has 0 heterocycles. The van der Waals surface area contributed by atoms with Gasteiger partial charge in [0.25, 0.3) is 0 Å². The molecule has 0 saturated heterocycles. The van der Waals surface area contributed by atoms with E-state index in [4.69, 9.17) is 9.47 Å². The van der Waals surface area contributed by atoms with E-state index in [1.165, 1.54) is 11.1 Å². The number of hydrogen-bond acceptors (Lipinski definition) is 4. The van der Waals surface area contributed by atoms with Gasteiger partial charge in [-0.15, -0.1) is 0 Å². The molecule has 0 saturated carbocycles. The topological polar surface area (TPSA) is 75.1 Å². The molecular formula is C21H29N3O3. The van der Waals surface area contributed by atoms with Gasteiger partial charge in [0, 0.05) is 20.1 Å². The molecule has 2 aromatic rings. The smallest absolute Gasteiger partial charge is 0.190 e. The molecule has 0 atom stereocenters. The number of aliphatic imine (C=N–C) groups is 1. The second-order valence-corrected chi connectivity index (χ2v) is 6.14. The molecule has 3 N–H and O–H groups in total. The van der Waals surface area contributed by atoms with E-state index >= 15 is 0 Å². The number of nitrogens with zero attached hydrogens (tertiary/aromatic N) is 1. The molecule has 146 valence electrons. The van der Waals surface area contributed by atoms with Crippen LogP contribution in [0.5, 0.6) is 17.2 Å². The minimum absolute atomic E-state index is 0.302. The van der Waals surface area contributed by atoms with Gasteiger partial charge in [-0.3, -0.25) is 4.99 Å². The Labute approximate surface area is 161 Å². The van der Waals surface area contributed by atoms with Gasteiger partial charge in [-0.2, -0.15) is 0 Å². The summed E-state index contributed by atoms with van der Waals surface area (Å²) in [4.78, 5) is 4.25. The highest BCUT2D eigenvalue weighted by Crippen LogP contribution is 2.27. The second kappa shape index (κ2) is 11.0. The SMILES string of the molecule is CN=C(NCCCc1ccc(O)cc1)NCCc1ccc(OC)c(OC)c1. The highest BCUT2D eigenvalue weighted by Gasteiger charge is 2.05. The van der Waals surface area contributed by atoms with Crippen LogP contribution in [0.15, 0.2) is 47.5 Å². The van der Waals surface area contributed by atoms with Gasteiger partial charge < -0.3 is 25.2 Å². The summed E-state index contributed by atoms with van der Waals surface area (Å²) in [5, 5.41) is 16.0. The maximum Gasteiger partial charge on any atom is 0.190 e. The molecule has 0 aliphatic heterocycles. The molecule has 0 spiro atoms. The number of aryl methyl sites for hydroxylation is 1. The molecule has 6 heteroatoms. The van der Waals surface area contributed by atoms with Gasteiger partial charge in [0.05, 0.1) is 14.2 Å². The fourth-order valence-electron chi connectivity index (χ4n) is 2.74. The standard InChI is InChI=1S/C21H29N3O3/c1-22-21(23-13-4-5-16-6-9-18(25)10-7-16)24-14-12-17-8-11-19(26-2)20(15-17)27-3/h6-11,15,25H,4-5,12-14H2,1-3H3,(H2,22,23,24). The zero-order valence-electron chi connectivity index (χ0n) is 16.3. The molecule has 0 aliphatic carbocycles. The van der Waals surface area contributed by atoms with Crippen molar-refractivity contribution in [2.75, 3.05) is 34.4 Å². The number of hydrogen-bond donors (Lipinski definition) is 3. The molecule has 0 radical (unpaired) electrons. The van der Waals surface area contributed by atoms with E-state index in [-0.39, 0.29) is 0 Å². The van der Waals surface area contributed by atoms with Crippen LogP contribution in [0.2, 0.25) is 0 Å². The molecule has 0 amide bonds. The third-order valence-electron chi connectivity index (χ3n) is 4.25. The Morgan fingerprint density at radius 2 is 1.56 bits per heavy atom. The summed E-state index contributed by atoms with van der Waals surface area (Å²) < 4.78 is 10.6. The number of aromatic hydroxyl groups is 1. The van der Waals surface area contributed by atoms with Crippen LogP contribution in [0.1, 0.15) is 17.5 Å². The molecule has 0 aromatic heterocycles. The lowest BCUT2D eigenvalue weighted by molar-refractivity contribution is 0.354. The maximum absolute atomic E-state index is 9.30. The normalized spacial score (nSPS) is 11.1. The average molecular weight is 371 g/mol. The molecule has 0 aliphatic rings. The number of rotatable bonds is 9. The fourth-order valence-corrected chi connectivity index (χ4v) is 2.74. The van der Waals surface area contributed by atoms with Gasteiger partial charge >= 0.3 is 0 Å². The summed E-state index contributed by atoms with van der Waals surface area (Å²) in [6.45, 7) is 1.60. The number of phenolic OH excluding ortho intramolecular Hbond substituents is 1. The average Bonchev–Trinajstić information content (AvgIpc) is 2.70. The zero-order chi connectivity index (χ0) is 19.5. The van der Waals surface area contributed by atoms with Crippen molar-refractivity contribution in [3.8, 4) is 17.2 Å². The highest BCUT2D eigenvalue weighted by atomic mass is 16.5. The predicted octanol–water partition coefficient (Wildman–Crippen LogP) is 2.75. The van der Waals surface area contributed by atoms with Crippen LogP contribution < -0.4 is 20.1 Å². The van der Waals surface area contributed by atoms with Crippen molar-refractivity contribution in [3.63, 3.8) is 0 Å². The first-order valence-corrected chi connectivity index (χ1v) is 9.09. The summed E-state index contributed by atoms with van der Waals surface area (Å²) in [5.74, 6) is 2.57. The lowest BCUT2D eigenvalue weighted by atomic mass is 10.1. The second-order valence-electron chi connectivity index (χ2n) is 6.14. The van der Waals surface area contributed by atoms with Gasteiger partial charge in [-0.25, -0.2) is 0 Å². The molecular weight excluding hydrogens is 342 g/mol. The van der Waals surface area contributed by atoms with E-state index in [0.29, 0.717) is 5.75 Å². The molecule has 27 heavy (non-hydrogen) atoms. The lowest BCUT2D eigenvalue weighted by Crippen LogP contribution is -2.38. The van der Waals surface area contributed by atoms with Gasteiger partial charge in [-0.05, 0) is 54.7 Å². The number of guanidine groups is 1. The molecule has 0 fully saturated rings. The third-order valence-corrected chi connectivity index (χ3v) is 4.25. The van der Waals surface area contributed by atoms with E-state index in [1.54, 1.807) is 33.4 Å². The van der Waals surface area contributed by atoms with E-state index in [9.17, 15) is 5.11 Å². The summed E-state index contributed by atoms with van der Waals surface area (Å²) in [7, 11) is 5.05. The van der Waals surface area contributed by atoms with Crippen LogP contribution in [-0.2, 0) is 12.8 Å². The van der Waals surface area contributed by atoms with Crippen molar-refractivity contribution in [2.45, 2.75) is 19.3 Å². The Bertz CT molecular complexity index is 730. The third kappa shape index (κ3) is 6.73. The molecule has 6 nitrogen and oxygen atoms in total. The first kappa shape index (κ1) is 20.4. The summed E-state index contributed by atoms with van der Waals surface area (Å²) in [6.07, 6.45) is 2.80. The number of ether oxygens (including phenoxy) is 2. The van der Waals surface area contributed by atoms with Crippen LogP contribution in [0.25, 0.3) is 0 Å². The predicted molar refractivity (Wildman–Crippen MR) is 109 cm³/mol. The first-order valence-electron chi connectivity index (χ1n) is 9.09. The highest BCUT2D eigenvalue weighted by molar-refractivity contribution is 5.79. The number of benzene rings is 2. The van der Waals surface area contributed by atoms with Crippen LogP contribution in [-0.4, -0.2) is 45.4 Å². The molecule has 0 unspecified atom stereocenters. The lowest BCUT2D eigenvalue weighted by Gasteiger charge is -2.13. The van der Waals surface area contributed by atoms with Gasteiger partial charge in [0.15, 0.2) is 17.5 Å². The van der Waals surface area contributed by atoms with Crippen LogP contribution in [0.3, 0.4) is 0 Å². The summed E-state index contributed by atoms with van der Waals surface area (Å²) in [5.41, 5.74) is 2.38.